The Hall–Kier alpha value is -3.65. The summed E-state index contributed by atoms with van der Waals surface area (Å²) in [7, 11) is 0. The van der Waals surface area contributed by atoms with Gasteiger partial charge in [-0.25, -0.2) is 0 Å². The van der Waals surface area contributed by atoms with Gasteiger partial charge in [-0.15, -0.1) is 0 Å². The number of anilines is 1. The van der Waals surface area contributed by atoms with Gasteiger partial charge < -0.3 is 4.90 Å². The van der Waals surface area contributed by atoms with Crippen LogP contribution in [0.4, 0.5) is 5.69 Å². The minimum absolute atomic E-state index is 0.112. The standard InChI is InChI=1S/C29H25NO/c1-21-12-11-13-22(2)27(21)29(24-16-7-4-8-17-24)25-18-9-10-19-26(25)30(28(29)31)20-23-14-5-3-6-15-23/h3-19H,20H2,1-2H3. The van der Waals surface area contributed by atoms with E-state index in [1.807, 2.05) is 53.4 Å². The lowest BCUT2D eigenvalue weighted by Crippen LogP contribution is -2.43. The number of benzene rings is 4. The van der Waals surface area contributed by atoms with Crippen LogP contribution in [0.3, 0.4) is 0 Å². The fourth-order valence-electron chi connectivity index (χ4n) is 5.14. The second-order valence-electron chi connectivity index (χ2n) is 8.28. The van der Waals surface area contributed by atoms with Gasteiger partial charge in [-0.1, -0.05) is 97.1 Å². The normalized spacial score (nSPS) is 17.6. The van der Waals surface area contributed by atoms with Crippen LogP contribution in [0.2, 0.25) is 0 Å². The summed E-state index contributed by atoms with van der Waals surface area (Å²) in [4.78, 5) is 16.5. The van der Waals surface area contributed by atoms with Crippen molar-refractivity contribution in [1.82, 2.24) is 0 Å². The predicted octanol–water partition coefficient (Wildman–Crippen LogP) is 6.18. The van der Waals surface area contributed by atoms with E-state index in [-0.39, 0.29) is 5.91 Å². The number of rotatable bonds is 4. The Morgan fingerprint density at radius 1 is 0.677 bits per heavy atom. The Bertz CT molecular complexity index is 1230. The van der Waals surface area contributed by atoms with Crippen molar-refractivity contribution in [3.8, 4) is 0 Å². The third-order valence-corrected chi connectivity index (χ3v) is 6.41. The van der Waals surface area contributed by atoms with Crippen LogP contribution in [-0.4, -0.2) is 5.91 Å². The third kappa shape index (κ3) is 2.90. The van der Waals surface area contributed by atoms with Crippen LogP contribution in [0, 0.1) is 13.8 Å². The molecule has 2 heteroatoms. The summed E-state index contributed by atoms with van der Waals surface area (Å²) in [6.45, 7) is 4.78. The zero-order valence-electron chi connectivity index (χ0n) is 17.9. The van der Waals surface area contributed by atoms with Crippen LogP contribution in [0.5, 0.6) is 0 Å². The van der Waals surface area contributed by atoms with Crippen molar-refractivity contribution in [2.24, 2.45) is 0 Å². The smallest absolute Gasteiger partial charge is 0.247 e. The van der Waals surface area contributed by atoms with Gasteiger partial charge in [0.2, 0.25) is 5.91 Å². The molecule has 5 rings (SSSR count). The van der Waals surface area contributed by atoms with Gasteiger partial charge >= 0.3 is 0 Å². The molecule has 152 valence electrons. The van der Waals surface area contributed by atoms with Crippen LogP contribution in [0.25, 0.3) is 0 Å². The van der Waals surface area contributed by atoms with E-state index in [2.05, 4.69) is 68.4 Å². The van der Waals surface area contributed by atoms with Gasteiger partial charge in [0, 0.05) is 11.3 Å². The Kier molecular flexibility index (Phi) is 4.71. The van der Waals surface area contributed by atoms with Gasteiger partial charge in [0.15, 0.2) is 0 Å². The number of carbonyl (C=O) groups excluding carboxylic acids is 1. The minimum atomic E-state index is -0.859. The van der Waals surface area contributed by atoms with Gasteiger partial charge in [-0.05, 0) is 47.7 Å². The number of para-hydroxylation sites is 1. The highest BCUT2D eigenvalue weighted by atomic mass is 16.2. The minimum Gasteiger partial charge on any atom is -0.306 e. The summed E-state index contributed by atoms with van der Waals surface area (Å²) in [5.41, 5.74) is 6.68. The molecule has 1 atom stereocenters. The van der Waals surface area contributed by atoms with E-state index in [1.165, 1.54) is 0 Å². The van der Waals surface area contributed by atoms with Crippen LogP contribution < -0.4 is 4.90 Å². The molecule has 1 aliphatic rings. The zero-order chi connectivity index (χ0) is 21.4. The molecule has 0 N–H and O–H groups in total. The molecule has 1 unspecified atom stereocenters. The first kappa shape index (κ1) is 19.3. The summed E-state index contributed by atoms with van der Waals surface area (Å²) in [6, 6.07) is 35.0. The second-order valence-corrected chi connectivity index (χ2v) is 8.28. The summed E-state index contributed by atoms with van der Waals surface area (Å²) in [5.74, 6) is 0.112. The van der Waals surface area contributed by atoms with E-state index in [1.54, 1.807) is 0 Å². The molecular weight excluding hydrogens is 378 g/mol. The molecule has 31 heavy (non-hydrogen) atoms. The summed E-state index contributed by atoms with van der Waals surface area (Å²) in [5, 5.41) is 0. The monoisotopic (exact) mass is 403 g/mol. The van der Waals surface area contributed by atoms with Crippen molar-refractivity contribution >= 4 is 11.6 Å². The van der Waals surface area contributed by atoms with E-state index in [4.69, 9.17) is 0 Å². The summed E-state index contributed by atoms with van der Waals surface area (Å²) < 4.78 is 0. The number of aryl methyl sites for hydroxylation is 2. The van der Waals surface area contributed by atoms with Gasteiger partial charge in [0.1, 0.15) is 5.41 Å². The van der Waals surface area contributed by atoms with E-state index >= 15 is 0 Å². The molecule has 4 aromatic rings. The molecular formula is C29H25NO. The highest BCUT2D eigenvalue weighted by molar-refractivity contribution is 6.13. The lowest BCUT2D eigenvalue weighted by Gasteiger charge is -2.33. The quantitative estimate of drug-likeness (QED) is 0.398. The van der Waals surface area contributed by atoms with Crippen LogP contribution in [-0.2, 0) is 16.8 Å². The average Bonchev–Trinajstić information content (AvgIpc) is 3.04. The van der Waals surface area contributed by atoms with Crippen LogP contribution in [0.15, 0.2) is 103 Å². The lowest BCUT2D eigenvalue weighted by atomic mass is 9.67. The van der Waals surface area contributed by atoms with Gasteiger partial charge in [0.05, 0.1) is 6.54 Å². The SMILES string of the molecule is Cc1cccc(C)c1C1(c2ccccc2)C(=O)N(Cc2ccccc2)c2ccccc21. The first-order valence-electron chi connectivity index (χ1n) is 10.7. The van der Waals surface area contributed by atoms with Gasteiger partial charge in [-0.2, -0.15) is 0 Å². The summed E-state index contributed by atoms with van der Waals surface area (Å²) in [6.07, 6.45) is 0. The fraction of sp³-hybridized carbons (Fsp3) is 0.138. The molecule has 0 aliphatic carbocycles. The van der Waals surface area contributed by atoms with Gasteiger partial charge in [0.25, 0.3) is 0 Å². The largest absolute Gasteiger partial charge is 0.306 e. The number of fused-ring (bicyclic) bond motifs is 1. The number of carbonyl (C=O) groups is 1. The van der Waals surface area contributed by atoms with Crippen molar-refractivity contribution < 1.29 is 4.79 Å². The van der Waals surface area contributed by atoms with Crippen molar-refractivity contribution in [2.45, 2.75) is 25.8 Å². The number of nitrogens with zero attached hydrogens (tertiary/aromatic N) is 1. The second kappa shape index (κ2) is 7.55. The first-order chi connectivity index (χ1) is 15.1. The molecule has 0 spiro atoms. The maximum atomic E-state index is 14.5. The van der Waals surface area contributed by atoms with Gasteiger partial charge in [-0.3, -0.25) is 4.79 Å². The number of hydrogen-bond acceptors (Lipinski definition) is 1. The molecule has 0 fully saturated rings. The Labute approximate surface area is 183 Å². The van der Waals surface area contributed by atoms with Crippen LogP contribution in [0.1, 0.15) is 33.4 Å². The summed E-state index contributed by atoms with van der Waals surface area (Å²) >= 11 is 0. The van der Waals surface area contributed by atoms with Crippen LogP contribution >= 0.6 is 0 Å². The van der Waals surface area contributed by atoms with Crippen molar-refractivity contribution in [2.75, 3.05) is 4.90 Å². The molecule has 0 bridgehead atoms. The fourth-order valence-corrected chi connectivity index (χ4v) is 5.14. The third-order valence-electron chi connectivity index (χ3n) is 6.41. The van der Waals surface area contributed by atoms with E-state index in [9.17, 15) is 4.79 Å². The predicted molar refractivity (Wildman–Crippen MR) is 126 cm³/mol. The highest BCUT2D eigenvalue weighted by Crippen LogP contribution is 2.52. The molecule has 0 saturated heterocycles. The highest BCUT2D eigenvalue weighted by Gasteiger charge is 2.54. The molecule has 1 amide bonds. The molecule has 1 heterocycles. The Morgan fingerprint density at radius 2 is 1.26 bits per heavy atom. The average molecular weight is 404 g/mol. The van der Waals surface area contributed by atoms with Crippen molar-refractivity contribution in [3.05, 3.63) is 137 Å². The van der Waals surface area contributed by atoms with Crippen molar-refractivity contribution in [1.29, 1.82) is 0 Å². The maximum absolute atomic E-state index is 14.5. The molecule has 1 aliphatic heterocycles. The Balaban J connectivity index is 1.82. The molecule has 0 radical (unpaired) electrons. The van der Waals surface area contributed by atoms with E-state index in [0.717, 1.165) is 39.1 Å². The van der Waals surface area contributed by atoms with E-state index < -0.39 is 5.41 Å². The maximum Gasteiger partial charge on any atom is 0.247 e. The van der Waals surface area contributed by atoms with E-state index in [0.29, 0.717) is 6.54 Å². The molecule has 2 nitrogen and oxygen atoms in total. The molecule has 4 aromatic carbocycles. The molecule has 0 saturated carbocycles. The lowest BCUT2D eigenvalue weighted by molar-refractivity contribution is -0.120. The Morgan fingerprint density at radius 3 is 1.94 bits per heavy atom. The van der Waals surface area contributed by atoms with Crippen molar-refractivity contribution in [3.63, 3.8) is 0 Å². The number of hydrogen-bond donors (Lipinski definition) is 0. The number of amides is 1. The molecule has 0 aromatic heterocycles. The topological polar surface area (TPSA) is 20.3 Å². The zero-order valence-corrected chi connectivity index (χ0v) is 17.9. The first-order valence-corrected chi connectivity index (χ1v) is 10.7.